The van der Waals surface area contributed by atoms with Gasteiger partial charge in [-0.3, -0.25) is 4.79 Å². The van der Waals surface area contributed by atoms with E-state index in [1.54, 1.807) is 0 Å². The zero-order chi connectivity index (χ0) is 12.0. The highest BCUT2D eigenvalue weighted by atomic mass is 32.2. The molecular weight excluding hydrogens is 226 g/mol. The number of carboxylic acid groups (broad SMARTS) is 1. The lowest BCUT2D eigenvalue weighted by atomic mass is 10.2. The molecule has 0 saturated carbocycles. The highest BCUT2D eigenvalue weighted by Gasteiger charge is 2.10. The van der Waals surface area contributed by atoms with Crippen LogP contribution in [0.4, 0.5) is 0 Å². The average molecular weight is 241 g/mol. The molecule has 0 heterocycles. The number of thioether (sulfide) groups is 1. The molecule has 1 unspecified atom stereocenters. The summed E-state index contributed by atoms with van der Waals surface area (Å²) in [5, 5.41) is 17.4. The van der Waals surface area contributed by atoms with Crippen LogP contribution in [-0.4, -0.2) is 28.0 Å². The number of aliphatic hydroxyl groups is 1. The molecule has 0 radical (unpaired) electrons. The van der Waals surface area contributed by atoms with Gasteiger partial charge < -0.3 is 15.9 Å². The number of aliphatic carboxylic acids is 1. The molecule has 1 atom stereocenters. The monoisotopic (exact) mass is 241 g/mol. The lowest BCUT2D eigenvalue weighted by Gasteiger charge is -2.06. The van der Waals surface area contributed by atoms with E-state index in [1.807, 2.05) is 24.3 Å². The number of aliphatic hydroxyl groups excluding tert-OH is 1. The van der Waals surface area contributed by atoms with Crippen molar-refractivity contribution < 1.29 is 15.0 Å². The van der Waals surface area contributed by atoms with Crippen LogP contribution in [-0.2, 0) is 17.2 Å². The first-order valence-electron chi connectivity index (χ1n) is 4.88. The van der Waals surface area contributed by atoms with Crippen LogP contribution in [0.2, 0.25) is 0 Å². The van der Waals surface area contributed by atoms with Crippen molar-refractivity contribution in [3.63, 3.8) is 0 Å². The molecule has 0 aliphatic carbocycles. The summed E-state index contributed by atoms with van der Waals surface area (Å²) < 4.78 is 0. The Kier molecular flexibility index (Phi) is 5.31. The first kappa shape index (κ1) is 13.0. The van der Waals surface area contributed by atoms with Crippen molar-refractivity contribution in [3.8, 4) is 0 Å². The number of hydrogen-bond donors (Lipinski definition) is 3. The van der Waals surface area contributed by atoms with Crippen molar-refractivity contribution in [2.45, 2.75) is 18.4 Å². The van der Waals surface area contributed by atoms with Crippen LogP contribution < -0.4 is 5.73 Å². The van der Waals surface area contributed by atoms with Gasteiger partial charge in [-0.1, -0.05) is 24.3 Å². The minimum absolute atomic E-state index is 0.0390. The van der Waals surface area contributed by atoms with E-state index < -0.39 is 12.0 Å². The predicted octanol–water partition coefficient (Wildman–Crippen LogP) is 0.824. The fraction of sp³-hybridized carbons (Fsp3) is 0.364. The second-order valence-electron chi connectivity index (χ2n) is 3.43. The molecule has 0 aliphatic heterocycles. The number of hydrogen-bond acceptors (Lipinski definition) is 4. The van der Waals surface area contributed by atoms with E-state index in [4.69, 9.17) is 15.9 Å². The Bertz CT molecular complexity index is 340. The summed E-state index contributed by atoms with van der Waals surface area (Å²) in [6, 6.07) is 6.75. The van der Waals surface area contributed by atoms with Crippen LogP contribution in [0.1, 0.15) is 11.1 Å². The molecule has 0 spiro atoms. The zero-order valence-electron chi connectivity index (χ0n) is 8.80. The van der Waals surface area contributed by atoms with Crippen molar-refractivity contribution >= 4 is 17.7 Å². The van der Waals surface area contributed by atoms with Crippen LogP contribution in [0, 0.1) is 0 Å². The van der Waals surface area contributed by atoms with Crippen molar-refractivity contribution in [3.05, 3.63) is 35.4 Å². The van der Waals surface area contributed by atoms with Gasteiger partial charge in [-0.05, 0) is 11.1 Å². The predicted molar refractivity (Wildman–Crippen MR) is 64.1 cm³/mol. The van der Waals surface area contributed by atoms with Gasteiger partial charge in [0.25, 0.3) is 0 Å². The number of benzene rings is 1. The van der Waals surface area contributed by atoms with Crippen LogP contribution in [0.5, 0.6) is 0 Å². The molecule has 16 heavy (non-hydrogen) atoms. The van der Waals surface area contributed by atoms with Gasteiger partial charge in [0.15, 0.2) is 0 Å². The molecule has 0 aliphatic rings. The van der Waals surface area contributed by atoms with E-state index in [9.17, 15) is 4.79 Å². The molecule has 0 saturated heterocycles. The van der Waals surface area contributed by atoms with Gasteiger partial charge in [0.05, 0.1) is 6.61 Å². The summed E-state index contributed by atoms with van der Waals surface area (Å²) in [6.45, 7) is 0.0390. The van der Waals surface area contributed by atoms with Crippen LogP contribution in [0.25, 0.3) is 0 Å². The van der Waals surface area contributed by atoms with Crippen LogP contribution in [0.3, 0.4) is 0 Å². The Morgan fingerprint density at radius 1 is 1.31 bits per heavy atom. The molecule has 0 amide bonds. The Balaban J connectivity index is 2.34. The highest BCUT2D eigenvalue weighted by molar-refractivity contribution is 7.98. The molecule has 1 rings (SSSR count). The summed E-state index contributed by atoms with van der Waals surface area (Å²) >= 11 is 1.49. The summed E-state index contributed by atoms with van der Waals surface area (Å²) in [6.07, 6.45) is 0. The third-order valence-corrected chi connectivity index (χ3v) is 3.22. The van der Waals surface area contributed by atoms with Crippen molar-refractivity contribution in [1.82, 2.24) is 0 Å². The van der Waals surface area contributed by atoms with Gasteiger partial charge in [-0.15, -0.1) is 0 Å². The quantitative estimate of drug-likeness (QED) is 0.687. The fourth-order valence-corrected chi connectivity index (χ4v) is 2.06. The minimum Gasteiger partial charge on any atom is -0.480 e. The van der Waals surface area contributed by atoms with Crippen LogP contribution >= 0.6 is 11.8 Å². The van der Waals surface area contributed by atoms with Crippen LogP contribution in [0.15, 0.2) is 24.3 Å². The molecule has 0 aromatic heterocycles. The second kappa shape index (κ2) is 6.52. The van der Waals surface area contributed by atoms with Gasteiger partial charge in [0.1, 0.15) is 6.04 Å². The maximum atomic E-state index is 10.5. The van der Waals surface area contributed by atoms with E-state index in [2.05, 4.69) is 0 Å². The zero-order valence-corrected chi connectivity index (χ0v) is 9.61. The Hall–Kier alpha value is -1.04. The van der Waals surface area contributed by atoms with Gasteiger partial charge in [0.2, 0.25) is 0 Å². The Morgan fingerprint density at radius 3 is 2.38 bits per heavy atom. The lowest BCUT2D eigenvalue weighted by molar-refractivity contribution is -0.137. The van der Waals surface area contributed by atoms with E-state index in [0.717, 1.165) is 16.9 Å². The third-order valence-electron chi connectivity index (χ3n) is 2.09. The molecule has 0 bridgehead atoms. The SMILES string of the molecule is NC(CSCc1ccc(CO)cc1)C(=O)O. The maximum absolute atomic E-state index is 10.5. The van der Waals surface area contributed by atoms with Crippen molar-refractivity contribution in [2.24, 2.45) is 5.73 Å². The highest BCUT2D eigenvalue weighted by Crippen LogP contribution is 2.13. The summed E-state index contributed by atoms with van der Waals surface area (Å²) in [5.74, 6) is 0.159. The van der Waals surface area contributed by atoms with Gasteiger partial charge in [-0.2, -0.15) is 11.8 Å². The Labute approximate surface area is 98.5 Å². The summed E-state index contributed by atoms with van der Waals surface area (Å²) in [4.78, 5) is 10.5. The van der Waals surface area contributed by atoms with E-state index in [-0.39, 0.29) is 6.61 Å². The van der Waals surface area contributed by atoms with E-state index >= 15 is 0 Å². The maximum Gasteiger partial charge on any atom is 0.321 e. The summed E-state index contributed by atoms with van der Waals surface area (Å²) in [5.41, 5.74) is 7.34. The number of carbonyl (C=O) groups is 1. The molecule has 4 nitrogen and oxygen atoms in total. The smallest absolute Gasteiger partial charge is 0.321 e. The molecule has 4 N–H and O–H groups in total. The number of rotatable bonds is 6. The fourth-order valence-electron chi connectivity index (χ4n) is 1.12. The first-order chi connectivity index (χ1) is 7.63. The lowest BCUT2D eigenvalue weighted by Crippen LogP contribution is -2.32. The number of carboxylic acids is 1. The van der Waals surface area contributed by atoms with E-state index in [0.29, 0.717) is 5.75 Å². The van der Waals surface area contributed by atoms with Gasteiger partial charge in [0, 0.05) is 11.5 Å². The average Bonchev–Trinajstić information content (AvgIpc) is 2.29. The molecule has 5 heteroatoms. The largest absolute Gasteiger partial charge is 0.480 e. The standard InChI is InChI=1S/C11H15NO3S/c12-10(11(14)15)7-16-6-9-3-1-8(5-13)2-4-9/h1-4,10,13H,5-7,12H2,(H,14,15). The molecule has 88 valence electrons. The normalized spacial score (nSPS) is 12.4. The topological polar surface area (TPSA) is 83.5 Å². The molecular formula is C11H15NO3S. The minimum atomic E-state index is -0.969. The second-order valence-corrected chi connectivity index (χ2v) is 4.46. The molecule has 0 fully saturated rings. The molecule has 1 aromatic carbocycles. The third kappa shape index (κ3) is 4.22. The summed E-state index contributed by atoms with van der Waals surface area (Å²) in [7, 11) is 0. The van der Waals surface area contributed by atoms with Crippen molar-refractivity contribution in [1.29, 1.82) is 0 Å². The first-order valence-corrected chi connectivity index (χ1v) is 6.03. The number of nitrogens with two attached hydrogens (primary N) is 1. The van der Waals surface area contributed by atoms with Gasteiger partial charge >= 0.3 is 5.97 Å². The van der Waals surface area contributed by atoms with Gasteiger partial charge in [-0.25, -0.2) is 0 Å². The van der Waals surface area contributed by atoms with E-state index in [1.165, 1.54) is 11.8 Å². The Morgan fingerprint density at radius 2 is 1.88 bits per heavy atom. The van der Waals surface area contributed by atoms with Crippen molar-refractivity contribution in [2.75, 3.05) is 5.75 Å². The molecule has 1 aromatic rings.